The van der Waals surface area contributed by atoms with Crippen LogP contribution in [0.4, 0.5) is 4.39 Å². The molecule has 2 rings (SSSR count). The van der Waals surface area contributed by atoms with Crippen LogP contribution in [0.2, 0.25) is 0 Å². The number of aryl methyl sites for hydroxylation is 1. The largest absolute Gasteiger partial charge is 0.386 e. The number of benzene rings is 1. The van der Waals surface area contributed by atoms with Gasteiger partial charge in [0.25, 0.3) is 11.7 Å². The Morgan fingerprint density at radius 2 is 2.05 bits per heavy atom. The maximum absolute atomic E-state index is 12.8. The number of aliphatic hydroxyl groups excluding tert-OH is 1. The van der Waals surface area contributed by atoms with E-state index in [4.69, 9.17) is 4.52 Å². The molecule has 1 heterocycles. The van der Waals surface area contributed by atoms with Gasteiger partial charge in [-0.05, 0) is 24.6 Å². The quantitative estimate of drug-likeness (QED) is 0.882. The van der Waals surface area contributed by atoms with E-state index in [2.05, 4.69) is 15.5 Å². The van der Waals surface area contributed by atoms with E-state index in [9.17, 15) is 14.3 Å². The predicted molar refractivity (Wildman–Crippen MR) is 67.3 cm³/mol. The zero-order valence-corrected chi connectivity index (χ0v) is 11.0. The van der Waals surface area contributed by atoms with Gasteiger partial charge in [-0.25, -0.2) is 4.39 Å². The molecule has 1 amide bonds. The number of hydrogen-bond donors (Lipinski definition) is 2. The molecule has 0 aliphatic carbocycles. The van der Waals surface area contributed by atoms with Crippen molar-refractivity contribution in [2.75, 3.05) is 0 Å². The molecule has 1 aromatic heterocycles. The molecule has 2 atom stereocenters. The first-order valence-electron chi connectivity index (χ1n) is 6.02. The van der Waals surface area contributed by atoms with Gasteiger partial charge in [0.1, 0.15) is 5.82 Å². The number of halogens is 1. The summed E-state index contributed by atoms with van der Waals surface area (Å²) in [6.45, 7) is 3.19. The summed E-state index contributed by atoms with van der Waals surface area (Å²) in [6.07, 6.45) is -0.965. The standard InChI is InChI=1S/C13H14FN3O3/c1-7(11(18)9-3-5-10(14)6-4-9)15-13(19)12-16-8(2)20-17-12/h3-7,11,18H,1-2H3,(H,15,19). The third kappa shape index (κ3) is 3.18. The summed E-state index contributed by atoms with van der Waals surface area (Å²) >= 11 is 0. The van der Waals surface area contributed by atoms with Crippen molar-refractivity contribution in [2.24, 2.45) is 0 Å². The van der Waals surface area contributed by atoms with Crippen LogP contribution in [0.15, 0.2) is 28.8 Å². The second-order valence-corrected chi connectivity index (χ2v) is 4.40. The number of nitrogens with zero attached hydrogens (tertiary/aromatic N) is 2. The Balaban J connectivity index is 2.02. The molecular weight excluding hydrogens is 265 g/mol. The lowest BCUT2D eigenvalue weighted by Gasteiger charge is -2.19. The predicted octanol–water partition coefficient (Wildman–Crippen LogP) is 1.37. The lowest BCUT2D eigenvalue weighted by Crippen LogP contribution is -2.37. The Morgan fingerprint density at radius 1 is 1.40 bits per heavy atom. The van der Waals surface area contributed by atoms with E-state index < -0.39 is 18.1 Å². The summed E-state index contributed by atoms with van der Waals surface area (Å²) in [7, 11) is 0. The third-order valence-electron chi connectivity index (χ3n) is 2.77. The fourth-order valence-electron chi connectivity index (χ4n) is 1.69. The fraction of sp³-hybridized carbons (Fsp3) is 0.308. The molecule has 0 spiro atoms. The van der Waals surface area contributed by atoms with Gasteiger partial charge in [-0.3, -0.25) is 4.79 Å². The summed E-state index contributed by atoms with van der Waals surface area (Å²) < 4.78 is 17.5. The van der Waals surface area contributed by atoms with E-state index in [1.54, 1.807) is 13.8 Å². The highest BCUT2D eigenvalue weighted by Crippen LogP contribution is 2.17. The molecule has 2 N–H and O–H groups in total. The molecule has 0 aliphatic rings. The molecule has 2 aromatic rings. The lowest BCUT2D eigenvalue weighted by atomic mass is 10.0. The molecule has 1 aromatic carbocycles. The first-order valence-corrected chi connectivity index (χ1v) is 6.02. The summed E-state index contributed by atoms with van der Waals surface area (Å²) in [5, 5.41) is 16.1. The number of carbonyl (C=O) groups is 1. The SMILES string of the molecule is Cc1nc(C(=O)NC(C)C(O)c2ccc(F)cc2)no1. The highest BCUT2D eigenvalue weighted by Gasteiger charge is 2.21. The molecule has 0 saturated carbocycles. The molecule has 7 heteroatoms. The first kappa shape index (κ1) is 14.1. The zero-order valence-electron chi connectivity index (χ0n) is 11.0. The van der Waals surface area contributed by atoms with Crippen LogP contribution >= 0.6 is 0 Å². The van der Waals surface area contributed by atoms with Crippen LogP contribution in [0.25, 0.3) is 0 Å². The molecule has 106 valence electrons. The minimum atomic E-state index is -0.965. The molecule has 6 nitrogen and oxygen atoms in total. The molecule has 0 radical (unpaired) electrons. The number of carbonyl (C=O) groups excluding carboxylic acids is 1. The number of amides is 1. The topological polar surface area (TPSA) is 88.2 Å². The molecule has 0 bridgehead atoms. The van der Waals surface area contributed by atoms with E-state index in [-0.39, 0.29) is 17.5 Å². The van der Waals surface area contributed by atoms with Gasteiger partial charge >= 0.3 is 0 Å². The van der Waals surface area contributed by atoms with Crippen LogP contribution in [-0.2, 0) is 0 Å². The Morgan fingerprint density at radius 3 is 2.60 bits per heavy atom. The monoisotopic (exact) mass is 279 g/mol. The van der Waals surface area contributed by atoms with Crippen molar-refractivity contribution in [2.45, 2.75) is 26.0 Å². The Kier molecular flexibility index (Phi) is 4.09. The summed E-state index contributed by atoms with van der Waals surface area (Å²) in [6, 6.07) is 4.82. The number of hydrogen-bond acceptors (Lipinski definition) is 5. The number of rotatable bonds is 4. The van der Waals surface area contributed by atoms with Crippen LogP contribution in [0.1, 0.15) is 35.1 Å². The van der Waals surface area contributed by atoms with E-state index in [1.165, 1.54) is 24.3 Å². The molecule has 0 fully saturated rings. The Labute approximate surface area is 114 Å². The van der Waals surface area contributed by atoms with Gasteiger partial charge in [0, 0.05) is 6.92 Å². The molecular formula is C13H14FN3O3. The van der Waals surface area contributed by atoms with Gasteiger partial charge in [-0.2, -0.15) is 4.98 Å². The van der Waals surface area contributed by atoms with Crippen LogP contribution < -0.4 is 5.32 Å². The molecule has 20 heavy (non-hydrogen) atoms. The summed E-state index contributed by atoms with van der Waals surface area (Å²) in [5.41, 5.74) is 0.503. The van der Waals surface area contributed by atoms with Crippen molar-refractivity contribution in [3.05, 3.63) is 47.4 Å². The normalized spacial score (nSPS) is 13.8. The van der Waals surface area contributed by atoms with Crippen molar-refractivity contribution in [1.29, 1.82) is 0 Å². The van der Waals surface area contributed by atoms with Gasteiger partial charge in [0.2, 0.25) is 5.89 Å². The highest BCUT2D eigenvalue weighted by molar-refractivity contribution is 5.90. The number of nitrogens with one attached hydrogen (secondary N) is 1. The van der Waals surface area contributed by atoms with E-state index in [0.29, 0.717) is 5.56 Å². The Hall–Kier alpha value is -2.28. The highest BCUT2D eigenvalue weighted by atomic mass is 19.1. The van der Waals surface area contributed by atoms with E-state index >= 15 is 0 Å². The maximum atomic E-state index is 12.8. The second kappa shape index (κ2) is 5.79. The summed E-state index contributed by atoms with van der Waals surface area (Å²) in [5.74, 6) is -0.752. The minimum Gasteiger partial charge on any atom is -0.386 e. The summed E-state index contributed by atoms with van der Waals surface area (Å²) in [4.78, 5) is 15.6. The second-order valence-electron chi connectivity index (χ2n) is 4.40. The molecule has 2 unspecified atom stereocenters. The van der Waals surface area contributed by atoms with Gasteiger partial charge < -0.3 is 14.9 Å². The Bertz CT molecular complexity index is 597. The van der Waals surface area contributed by atoms with Crippen molar-refractivity contribution in [3.8, 4) is 0 Å². The zero-order chi connectivity index (χ0) is 14.7. The number of aliphatic hydroxyl groups is 1. The van der Waals surface area contributed by atoms with Crippen molar-refractivity contribution < 1.29 is 18.8 Å². The first-order chi connectivity index (χ1) is 9.47. The lowest BCUT2D eigenvalue weighted by molar-refractivity contribution is 0.0839. The maximum Gasteiger partial charge on any atom is 0.293 e. The van der Waals surface area contributed by atoms with Gasteiger partial charge in [-0.1, -0.05) is 17.3 Å². The molecule has 0 aliphatic heterocycles. The van der Waals surface area contributed by atoms with Gasteiger partial charge in [-0.15, -0.1) is 0 Å². The van der Waals surface area contributed by atoms with Crippen LogP contribution in [-0.4, -0.2) is 27.2 Å². The smallest absolute Gasteiger partial charge is 0.293 e. The average molecular weight is 279 g/mol. The number of aromatic nitrogens is 2. The van der Waals surface area contributed by atoms with Crippen LogP contribution in [0.5, 0.6) is 0 Å². The third-order valence-corrected chi connectivity index (χ3v) is 2.77. The fourth-order valence-corrected chi connectivity index (χ4v) is 1.69. The average Bonchev–Trinajstić information content (AvgIpc) is 2.85. The molecule has 0 saturated heterocycles. The van der Waals surface area contributed by atoms with E-state index in [1.807, 2.05) is 0 Å². The van der Waals surface area contributed by atoms with Crippen molar-refractivity contribution in [1.82, 2.24) is 15.5 Å². The minimum absolute atomic E-state index is 0.0966. The van der Waals surface area contributed by atoms with Crippen molar-refractivity contribution >= 4 is 5.91 Å². The van der Waals surface area contributed by atoms with Gasteiger partial charge in [0.15, 0.2) is 0 Å². The van der Waals surface area contributed by atoms with E-state index in [0.717, 1.165) is 0 Å². The van der Waals surface area contributed by atoms with Crippen LogP contribution in [0, 0.1) is 12.7 Å². The van der Waals surface area contributed by atoms with Crippen molar-refractivity contribution in [3.63, 3.8) is 0 Å². The van der Waals surface area contributed by atoms with Crippen LogP contribution in [0.3, 0.4) is 0 Å². The van der Waals surface area contributed by atoms with Gasteiger partial charge in [0.05, 0.1) is 12.1 Å².